The molecule has 1 N–H and O–H groups in total. The first-order chi connectivity index (χ1) is 16.6. The summed E-state index contributed by atoms with van der Waals surface area (Å²) < 4.78 is 12.7. The number of hydrogen-bond donors (Lipinski definition) is 1. The summed E-state index contributed by atoms with van der Waals surface area (Å²) in [5.74, 6) is 0.845. The second-order valence-electron chi connectivity index (χ2n) is 7.55. The third-order valence-electron chi connectivity index (χ3n) is 5.00. The van der Waals surface area contributed by atoms with Gasteiger partial charge in [0.2, 0.25) is 0 Å². The summed E-state index contributed by atoms with van der Waals surface area (Å²) in [6.45, 7) is 3.29. The van der Waals surface area contributed by atoms with E-state index in [0.29, 0.717) is 36.8 Å². The average molecular weight is 566 g/mol. The van der Waals surface area contributed by atoms with Crippen LogP contribution in [0.2, 0.25) is 0 Å². The first-order valence-electron chi connectivity index (χ1n) is 11.2. The maximum absolute atomic E-state index is 12.6. The van der Waals surface area contributed by atoms with Gasteiger partial charge in [0.15, 0.2) is 11.5 Å². The quantitative estimate of drug-likeness (QED) is 0.135. The highest BCUT2D eigenvalue weighted by Crippen LogP contribution is 2.35. The van der Waals surface area contributed by atoms with Crippen LogP contribution in [0.5, 0.6) is 11.5 Å². The number of nitrogens with zero attached hydrogens (tertiary/aromatic N) is 1. The van der Waals surface area contributed by atoms with Gasteiger partial charge in [-0.25, -0.2) is 0 Å². The van der Waals surface area contributed by atoms with Crippen LogP contribution in [0.1, 0.15) is 30.0 Å². The zero-order chi connectivity index (χ0) is 24.2. The molecule has 0 aliphatic carbocycles. The third-order valence-corrected chi connectivity index (χ3v) is 5.81. The van der Waals surface area contributed by atoms with Gasteiger partial charge in [0.05, 0.1) is 10.2 Å². The largest absolute Gasteiger partial charge is 0.490 e. The predicted octanol–water partition coefficient (Wildman–Crippen LogP) is 5.92. The van der Waals surface area contributed by atoms with Gasteiger partial charge in [-0.15, -0.1) is 0 Å². The predicted molar refractivity (Wildman–Crippen MR) is 142 cm³/mol. The van der Waals surface area contributed by atoms with E-state index in [9.17, 15) is 10.1 Å². The van der Waals surface area contributed by atoms with E-state index in [1.807, 2.05) is 67.6 Å². The number of aryl methyl sites for hydroxylation is 1. The summed E-state index contributed by atoms with van der Waals surface area (Å²) in [6, 6.07) is 25.7. The maximum Gasteiger partial charge on any atom is 0.261 e. The molecule has 34 heavy (non-hydrogen) atoms. The Morgan fingerprint density at radius 3 is 2.35 bits per heavy atom. The van der Waals surface area contributed by atoms with Crippen molar-refractivity contribution in [3.63, 3.8) is 0 Å². The highest BCUT2D eigenvalue weighted by molar-refractivity contribution is 14.1. The lowest BCUT2D eigenvalue weighted by molar-refractivity contribution is -0.117. The number of halogens is 1. The van der Waals surface area contributed by atoms with Gasteiger partial charge in [-0.05, 0) is 77.3 Å². The molecule has 0 unspecified atom stereocenters. The molecule has 0 radical (unpaired) electrons. The summed E-state index contributed by atoms with van der Waals surface area (Å²) in [6.07, 6.45) is 3.25. The first kappa shape index (κ1) is 25.3. The monoisotopic (exact) mass is 566 g/mol. The fourth-order valence-electron chi connectivity index (χ4n) is 3.35. The molecule has 0 heterocycles. The van der Waals surface area contributed by atoms with Crippen molar-refractivity contribution in [1.29, 1.82) is 5.26 Å². The van der Waals surface area contributed by atoms with Crippen LogP contribution >= 0.6 is 22.6 Å². The van der Waals surface area contributed by atoms with E-state index < -0.39 is 0 Å². The van der Waals surface area contributed by atoms with Crippen LogP contribution in [0.4, 0.5) is 0 Å². The Hall–Kier alpha value is -3.31. The number of hydrogen-bond acceptors (Lipinski definition) is 4. The van der Waals surface area contributed by atoms with Crippen LogP contribution in [-0.2, 0) is 17.8 Å². The van der Waals surface area contributed by atoms with E-state index in [4.69, 9.17) is 9.47 Å². The molecule has 0 fully saturated rings. The normalized spacial score (nSPS) is 10.9. The second-order valence-corrected chi connectivity index (χ2v) is 8.71. The van der Waals surface area contributed by atoms with Gasteiger partial charge in [-0.1, -0.05) is 60.7 Å². The lowest BCUT2D eigenvalue weighted by Crippen LogP contribution is -2.25. The van der Waals surface area contributed by atoms with Crippen molar-refractivity contribution in [2.45, 2.75) is 26.4 Å². The van der Waals surface area contributed by atoms with E-state index in [2.05, 4.69) is 40.0 Å². The highest BCUT2D eigenvalue weighted by atomic mass is 127. The zero-order valence-electron chi connectivity index (χ0n) is 19.1. The van der Waals surface area contributed by atoms with E-state index in [0.717, 1.165) is 22.0 Å². The highest BCUT2D eigenvalue weighted by Gasteiger charge is 2.14. The van der Waals surface area contributed by atoms with Gasteiger partial charge in [0, 0.05) is 6.54 Å². The average Bonchev–Trinajstić information content (AvgIpc) is 2.86. The number of carbonyl (C=O) groups is 1. The van der Waals surface area contributed by atoms with Gasteiger partial charge in [0.1, 0.15) is 18.2 Å². The molecule has 6 heteroatoms. The lowest BCUT2D eigenvalue weighted by atomic mass is 10.1. The van der Waals surface area contributed by atoms with Crippen LogP contribution in [0.15, 0.2) is 78.4 Å². The molecule has 0 saturated heterocycles. The minimum atomic E-state index is -0.382. The van der Waals surface area contributed by atoms with Crippen molar-refractivity contribution in [3.8, 4) is 17.6 Å². The summed E-state index contributed by atoms with van der Waals surface area (Å²) in [5, 5.41) is 12.4. The number of rotatable bonds is 11. The van der Waals surface area contributed by atoms with Crippen molar-refractivity contribution < 1.29 is 14.3 Å². The van der Waals surface area contributed by atoms with Crippen molar-refractivity contribution in [1.82, 2.24) is 5.32 Å². The van der Waals surface area contributed by atoms with Crippen LogP contribution in [0.3, 0.4) is 0 Å². The van der Waals surface area contributed by atoms with E-state index in [1.165, 1.54) is 5.56 Å². The third kappa shape index (κ3) is 7.63. The van der Waals surface area contributed by atoms with Crippen molar-refractivity contribution >= 4 is 34.6 Å². The second kappa shape index (κ2) is 13.4. The molecule has 0 aliphatic rings. The molecular weight excluding hydrogens is 539 g/mol. The van der Waals surface area contributed by atoms with E-state index in [1.54, 1.807) is 12.1 Å². The number of nitriles is 1. The molecule has 0 saturated carbocycles. The van der Waals surface area contributed by atoms with Crippen molar-refractivity contribution in [3.05, 3.63) is 98.6 Å². The van der Waals surface area contributed by atoms with Gasteiger partial charge in [-0.2, -0.15) is 5.26 Å². The first-order valence-corrected chi connectivity index (χ1v) is 12.3. The van der Waals surface area contributed by atoms with Crippen LogP contribution in [0, 0.1) is 14.9 Å². The minimum absolute atomic E-state index is 0.0518. The summed E-state index contributed by atoms with van der Waals surface area (Å²) >= 11 is 2.19. The summed E-state index contributed by atoms with van der Waals surface area (Å²) in [7, 11) is 0. The van der Waals surface area contributed by atoms with Gasteiger partial charge >= 0.3 is 0 Å². The van der Waals surface area contributed by atoms with Gasteiger partial charge in [0.25, 0.3) is 5.91 Å². The topological polar surface area (TPSA) is 71.3 Å². The Morgan fingerprint density at radius 1 is 1.03 bits per heavy atom. The molecule has 5 nitrogen and oxygen atoms in total. The molecule has 3 rings (SSSR count). The molecule has 0 aromatic heterocycles. The van der Waals surface area contributed by atoms with Gasteiger partial charge in [-0.3, -0.25) is 4.79 Å². The molecule has 0 aliphatic heterocycles. The van der Waals surface area contributed by atoms with E-state index >= 15 is 0 Å². The van der Waals surface area contributed by atoms with Crippen molar-refractivity contribution in [2.24, 2.45) is 0 Å². The number of amides is 1. The Balaban J connectivity index is 1.67. The smallest absolute Gasteiger partial charge is 0.261 e. The number of benzene rings is 3. The van der Waals surface area contributed by atoms with Crippen LogP contribution < -0.4 is 14.8 Å². The molecule has 1 amide bonds. The fourth-order valence-corrected chi connectivity index (χ4v) is 4.13. The van der Waals surface area contributed by atoms with Gasteiger partial charge < -0.3 is 14.8 Å². The Bertz CT molecular complexity index is 1160. The summed E-state index contributed by atoms with van der Waals surface area (Å²) in [4.78, 5) is 12.6. The standard InChI is InChI=1S/C28H27IN2O3/c1-2-33-26-18-23(17-25(29)27(26)34-20-22-12-7-4-8-13-22)16-24(19-30)28(32)31-15-9-14-21-10-5-3-6-11-21/h3-8,10-13,16-18H,2,9,14-15,20H2,1H3,(H,31,32)/b24-16-. The lowest BCUT2D eigenvalue weighted by Gasteiger charge is -2.15. The molecular formula is C28H27IN2O3. The number of nitrogens with one attached hydrogen (secondary N) is 1. The van der Waals surface area contributed by atoms with Crippen LogP contribution in [0.25, 0.3) is 6.08 Å². The maximum atomic E-state index is 12.6. The Kier molecular flexibility index (Phi) is 9.98. The Morgan fingerprint density at radius 2 is 1.71 bits per heavy atom. The van der Waals surface area contributed by atoms with Crippen molar-refractivity contribution in [2.75, 3.05) is 13.2 Å². The molecule has 0 bridgehead atoms. The van der Waals surface area contributed by atoms with Crippen LogP contribution in [-0.4, -0.2) is 19.1 Å². The number of ether oxygens (including phenoxy) is 2. The summed E-state index contributed by atoms with van der Waals surface area (Å²) in [5.41, 5.74) is 3.03. The SMILES string of the molecule is CCOc1cc(/C=C(/C#N)C(=O)NCCCc2ccccc2)cc(I)c1OCc1ccccc1. The molecule has 174 valence electrons. The molecule has 3 aromatic carbocycles. The Labute approximate surface area is 214 Å². The molecule has 3 aromatic rings. The minimum Gasteiger partial charge on any atom is -0.490 e. The molecule has 0 spiro atoms. The zero-order valence-corrected chi connectivity index (χ0v) is 21.2. The number of carbonyl (C=O) groups excluding carboxylic acids is 1. The fraction of sp³-hybridized carbons (Fsp3) is 0.214. The molecule has 0 atom stereocenters. The van der Waals surface area contributed by atoms with E-state index in [-0.39, 0.29) is 11.5 Å².